The van der Waals surface area contributed by atoms with Crippen molar-refractivity contribution in [2.45, 2.75) is 41.9 Å². The Kier molecular flexibility index (Phi) is 3.59. The molecule has 3 rings (SSSR count). The molecule has 1 N–H and O–H groups in total. The zero-order valence-corrected chi connectivity index (χ0v) is 11.3. The third-order valence-electron chi connectivity index (χ3n) is 3.19. The summed E-state index contributed by atoms with van der Waals surface area (Å²) in [5.41, 5.74) is -0.0847. The fourth-order valence-electron chi connectivity index (χ4n) is 2.26. The van der Waals surface area contributed by atoms with Crippen molar-refractivity contribution in [3.8, 4) is 0 Å². The number of aromatic carboxylic acids is 1. The Morgan fingerprint density at radius 1 is 1.30 bits per heavy atom. The molecular formula is C11H12N6O2S. The summed E-state index contributed by atoms with van der Waals surface area (Å²) in [5, 5.41) is 21.6. The van der Waals surface area contributed by atoms with Crippen LogP contribution >= 0.6 is 11.8 Å². The van der Waals surface area contributed by atoms with Gasteiger partial charge in [0.15, 0.2) is 5.69 Å². The number of carboxylic acid groups (broad SMARTS) is 1. The lowest BCUT2D eigenvalue weighted by molar-refractivity contribution is 0.0685. The summed E-state index contributed by atoms with van der Waals surface area (Å²) < 4.78 is 1.76. The van der Waals surface area contributed by atoms with Gasteiger partial charge >= 0.3 is 5.97 Å². The van der Waals surface area contributed by atoms with Gasteiger partial charge in [0.2, 0.25) is 5.16 Å². The van der Waals surface area contributed by atoms with Crippen LogP contribution in [-0.2, 0) is 0 Å². The molecule has 0 atom stereocenters. The molecule has 0 bridgehead atoms. The van der Waals surface area contributed by atoms with E-state index in [2.05, 4.69) is 25.5 Å². The number of hydrogen-bond donors (Lipinski definition) is 1. The van der Waals surface area contributed by atoms with E-state index in [1.54, 1.807) is 4.68 Å². The third-order valence-corrected chi connectivity index (χ3v) is 4.13. The van der Waals surface area contributed by atoms with Gasteiger partial charge in [-0.3, -0.25) is 0 Å². The van der Waals surface area contributed by atoms with Crippen molar-refractivity contribution in [1.29, 1.82) is 0 Å². The molecule has 0 saturated heterocycles. The lowest BCUT2D eigenvalue weighted by atomic mass is 10.3. The SMILES string of the molecule is O=C(O)c1nccnc1Sc1nnnn1C1CCCC1. The van der Waals surface area contributed by atoms with Crippen LogP contribution in [0.1, 0.15) is 42.2 Å². The van der Waals surface area contributed by atoms with Crippen LogP contribution in [0, 0.1) is 0 Å². The van der Waals surface area contributed by atoms with Crippen LogP contribution in [0.25, 0.3) is 0 Å². The molecule has 0 spiro atoms. The van der Waals surface area contributed by atoms with Crippen LogP contribution in [0.3, 0.4) is 0 Å². The number of hydrogen-bond acceptors (Lipinski definition) is 7. The van der Waals surface area contributed by atoms with E-state index < -0.39 is 5.97 Å². The number of tetrazole rings is 1. The molecule has 1 saturated carbocycles. The molecule has 0 aromatic carbocycles. The van der Waals surface area contributed by atoms with E-state index in [1.807, 2.05) is 0 Å². The number of rotatable bonds is 4. The lowest BCUT2D eigenvalue weighted by Crippen LogP contribution is -2.09. The first-order chi connectivity index (χ1) is 9.75. The molecule has 0 aliphatic heterocycles. The van der Waals surface area contributed by atoms with Gasteiger partial charge in [0, 0.05) is 12.4 Å². The summed E-state index contributed by atoms with van der Waals surface area (Å²) in [6, 6.07) is 0.289. The maximum absolute atomic E-state index is 11.1. The first kappa shape index (κ1) is 13.0. The summed E-state index contributed by atoms with van der Waals surface area (Å²) in [7, 11) is 0. The normalized spacial score (nSPS) is 15.6. The smallest absolute Gasteiger partial charge is 0.357 e. The minimum absolute atomic E-state index is 0.0847. The average molecular weight is 292 g/mol. The highest BCUT2D eigenvalue weighted by molar-refractivity contribution is 7.99. The number of carbonyl (C=O) groups is 1. The molecule has 1 fully saturated rings. The summed E-state index contributed by atoms with van der Waals surface area (Å²) in [6.45, 7) is 0. The molecule has 2 heterocycles. The molecule has 2 aromatic heterocycles. The van der Waals surface area contributed by atoms with Crippen molar-refractivity contribution in [3.63, 3.8) is 0 Å². The molecule has 0 amide bonds. The molecule has 0 unspecified atom stereocenters. The topological polar surface area (TPSA) is 107 Å². The third kappa shape index (κ3) is 2.48. The van der Waals surface area contributed by atoms with Gasteiger partial charge < -0.3 is 5.11 Å². The molecule has 104 valence electrons. The Hall–Kier alpha value is -2.03. The van der Waals surface area contributed by atoms with Gasteiger partial charge in [0.1, 0.15) is 5.03 Å². The van der Waals surface area contributed by atoms with Gasteiger partial charge in [-0.2, -0.15) is 0 Å². The minimum atomic E-state index is -1.11. The largest absolute Gasteiger partial charge is 0.476 e. The van der Waals surface area contributed by atoms with Gasteiger partial charge in [-0.25, -0.2) is 19.4 Å². The molecule has 1 aliphatic carbocycles. The predicted octanol–water partition coefficient (Wildman–Crippen LogP) is 1.43. The maximum Gasteiger partial charge on any atom is 0.357 e. The number of carboxylic acids is 1. The van der Waals surface area contributed by atoms with Gasteiger partial charge in [0.05, 0.1) is 6.04 Å². The molecule has 8 nitrogen and oxygen atoms in total. The highest BCUT2D eigenvalue weighted by Gasteiger charge is 2.23. The first-order valence-electron chi connectivity index (χ1n) is 6.25. The Labute approximate surface area is 118 Å². The Balaban J connectivity index is 1.88. The first-order valence-corrected chi connectivity index (χ1v) is 7.07. The van der Waals surface area contributed by atoms with Gasteiger partial charge in [0.25, 0.3) is 0 Å². The summed E-state index contributed by atoms with van der Waals surface area (Å²) in [5.74, 6) is -1.11. The molecule has 2 aromatic rings. The molecule has 0 radical (unpaired) electrons. The molecule has 20 heavy (non-hydrogen) atoms. The standard InChI is InChI=1S/C11H12N6O2S/c18-10(19)8-9(13-6-5-12-8)20-11-14-15-16-17(11)7-3-1-2-4-7/h5-7H,1-4H2,(H,18,19). The number of nitrogens with zero attached hydrogens (tertiary/aromatic N) is 6. The van der Waals surface area contributed by atoms with Crippen molar-refractivity contribution in [1.82, 2.24) is 30.2 Å². The summed E-state index contributed by atoms with van der Waals surface area (Å²) in [6.07, 6.45) is 7.24. The fourth-order valence-corrected chi connectivity index (χ4v) is 3.14. The van der Waals surface area contributed by atoms with Crippen LogP contribution in [0.5, 0.6) is 0 Å². The second-order valence-electron chi connectivity index (χ2n) is 4.46. The molecule has 1 aliphatic rings. The van der Waals surface area contributed by atoms with Gasteiger partial charge in [-0.05, 0) is 35.0 Å². The Bertz CT molecular complexity index is 625. The van der Waals surface area contributed by atoms with Crippen molar-refractivity contribution in [2.75, 3.05) is 0 Å². The van der Waals surface area contributed by atoms with Crippen LogP contribution in [0.15, 0.2) is 22.6 Å². The van der Waals surface area contributed by atoms with Crippen molar-refractivity contribution in [3.05, 3.63) is 18.1 Å². The van der Waals surface area contributed by atoms with E-state index in [9.17, 15) is 4.79 Å². The quantitative estimate of drug-likeness (QED) is 0.901. The van der Waals surface area contributed by atoms with E-state index in [0.717, 1.165) is 24.6 Å². The van der Waals surface area contributed by atoms with E-state index in [-0.39, 0.29) is 11.7 Å². The minimum Gasteiger partial charge on any atom is -0.476 e. The van der Waals surface area contributed by atoms with Gasteiger partial charge in [-0.15, -0.1) is 5.10 Å². The van der Waals surface area contributed by atoms with E-state index >= 15 is 0 Å². The lowest BCUT2D eigenvalue weighted by Gasteiger charge is -2.10. The molecular weight excluding hydrogens is 280 g/mol. The zero-order chi connectivity index (χ0) is 13.9. The van der Waals surface area contributed by atoms with E-state index in [1.165, 1.54) is 25.2 Å². The predicted molar refractivity (Wildman–Crippen MR) is 68.4 cm³/mol. The van der Waals surface area contributed by atoms with Crippen LogP contribution < -0.4 is 0 Å². The van der Waals surface area contributed by atoms with Crippen molar-refractivity contribution < 1.29 is 9.90 Å². The van der Waals surface area contributed by atoms with Crippen LogP contribution in [-0.4, -0.2) is 41.3 Å². The second-order valence-corrected chi connectivity index (χ2v) is 5.42. The van der Waals surface area contributed by atoms with Crippen LogP contribution in [0.4, 0.5) is 0 Å². The summed E-state index contributed by atoms with van der Waals surface area (Å²) >= 11 is 1.14. The van der Waals surface area contributed by atoms with Gasteiger partial charge in [-0.1, -0.05) is 12.8 Å². The second kappa shape index (κ2) is 5.53. The highest BCUT2D eigenvalue weighted by Crippen LogP contribution is 2.33. The maximum atomic E-state index is 11.1. The fraction of sp³-hybridized carbons (Fsp3) is 0.455. The van der Waals surface area contributed by atoms with E-state index in [0.29, 0.717) is 10.2 Å². The Morgan fingerprint density at radius 3 is 2.80 bits per heavy atom. The Morgan fingerprint density at radius 2 is 2.05 bits per heavy atom. The zero-order valence-electron chi connectivity index (χ0n) is 10.5. The monoisotopic (exact) mass is 292 g/mol. The van der Waals surface area contributed by atoms with E-state index in [4.69, 9.17) is 5.11 Å². The van der Waals surface area contributed by atoms with Crippen molar-refractivity contribution >= 4 is 17.7 Å². The molecule has 9 heteroatoms. The highest BCUT2D eigenvalue weighted by atomic mass is 32.2. The van der Waals surface area contributed by atoms with Crippen molar-refractivity contribution in [2.24, 2.45) is 0 Å². The average Bonchev–Trinajstić information content (AvgIpc) is 3.09. The number of aromatic nitrogens is 6. The van der Waals surface area contributed by atoms with Crippen LogP contribution in [0.2, 0.25) is 0 Å². The summed E-state index contributed by atoms with van der Waals surface area (Å²) in [4.78, 5) is 19.0.